The molecule has 0 aliphatic heterocycles. The summed E-state index contributed by atoms with van der Waals surface area (Å²) in [6.07, 6.45) is 5.35. The Bertz CT molecular complexity index is 1010. The lowest BCUT2D eigenvalue weighted by Gasteiger charge is -2.07. The number of nitrogens with one attached hydrogen (secondary N) is 1. The second kappa shape index (κ2) is 6.52. The molecule has 0 spiro atoms. The molecular formula is C18H16N6S. The van der Waals surface area contributed by atoms with Gasteiger partial charge in [-0.25, -0.2) is 4.98 Å². The van der Waals surface area contributed by atoms with E-state index in [1.54, 1.807) is 29.9 Å². The van der Waals surface area contributed by atoms with Gasteiger partial charge in [-0.3, -0.25) is 9.97 Å². The highest BCUT2D eigenvalue weighted by Gasteiger charge is 2.10. The summed E-state index contributed by atoms with van der Waals surface area (Å²) < 4.78 is 0. The summed E-state index contributed by atoms with van der Waals surface area (Å²) in [6.45, 7) is 4.20. The van der Waals surface area contributed by atoms with Crippen molar-refractivity contribution in [2.24, 2.45) is 0 Å². The van der Waals surface area contributed by atoms with Gasteiger partial charge in [-0.15, -0.1) is 10.2 Å². The van der Waals surface area contributed by atoms with Crippen molar-refractivity contribution in [3.8, 4) is 11.1 Å². The van der Waals surface area contributed by atoms with Gasteiger partial charge < -0.3 is 5.32 Å². The molecule has 0 unspecified atom stereocenters. The molecule has 0 saturated heterocycles. The molecule has 124 valence electrons. The van der Waals surface area contributed by atoms with Gasteiger partial charge in [0.2, 0.25) is 5.13 Å². The molecule has 0 aromatic carbocycles. The lowest BCUT2D eigenvalue weighted by atomic mass is 10.1. The predicted octanol–water partition coefficient (Wildman–Crippen LogP) is 4.41. The monoisotopic (exact) mass is 348 g/mol. The number of nitrogens with zero attached hydrogens (tertiary/aromatic N) is 5. The average Bonchev–Trinajstić information content (AvgIpc) is 3.11. The van der Waals surface area contributed by atoms with Gasteiger partial charge >= 0.3 is 0 Å². The van der Waals surface area contributed by atoms with Crippen LogP contribution < -0.4 is 5.32 Å². The van der Waals surface area contributed by atoms with Crippen LogP contribution in [-0.2, 0) is 0 Å². The van der Waals surface area contributed by atoms with E-state index < -0.39 is 0 Å². The molecule has 6 nitrogen and oxygen atoms in total. The molecule has 7 heteroatoms. The highest BCUT2D eigenvalue weighted by atomic mass is 32.1. The van der Waals surface area contributed by atoms with Gasteiger partial charge in [-0.2, -0.15) is 0 Å². The molecule has 0 fully saturated rings. The van der Waals surface area contributed by atoms with Crippen LogP contribution in [0, 0.1) is 0 Å². The Kier molecular flexibility index (Phi) is 4.07. The maximum atomic E-state index is 4.75. The zero-order valence-corrected chi connectivity index (χ0v) is 14.7. The number of rotatable bonds is 4. The van der Waals surface area contributed by atoms with E-state index in [9.17, 15) is 0 Å². The summed E-state index contributed by atoms with van der Waals surface area (Å²) >= 11 is 1.54. The molecule has 0 atom stereocenters. The van der Waals surface area contributed by atoms with Gasteiger partial charge in [-0.05, 0) is 35.9 Å². The van der Waals surface area contributed by atoms with Crippen LogP contribution in [0.4, 0.5) is 10.9 Å². The number of hydrogen-bond acceptors (Lipinski definition) is 7. The quantitative estimate of drug-likeness (QED) is 0.589. The van der Waals surface area contributed by atoms with E-state index in [0.717, 1.165) is 38.1 Å². The van der Waals surface area contributed by atoms with Crippen molar-refractivity contribution >= 4 is 33.3 Å². The van der Waals surface area contributed by atoms with Crippen LogP contribution in [0.5, 0.6) is 0 Å². The Morgan fingerprint density at radius 2 is 1.80 bits per heavy atom. The van der Waals surface area contributed by atoms with E-state index in [0.29, 0.717) is 5.92 Å². The Labute approximate surface area is 149 Å². The summed E-state index contributed by atoms with van der Waals surface area (Å²) in [6, 6.07) is 9.77. The molecule has 0 saturated carbocycles. The van der Waals surface area contributed by atoms with Gasteiger partial charge in [0, 0.05) is 30.1 Å². The standard InChI is InChI=1S/C18H16N6S/c1-11(2)17-23-24-18(25-17)22-15-4-3-14-16(21-15)13(7-10-20-14)12-5-8-19-9-6-12/h3-11H,1-2H3,(H,21,22,24). The lowest BCUT2D eigenvalue weighted by Crippen LogP contribution is -1.95. The zero-order chi connectivity index (χ0) is 17.2. The van der Waals surface area contributed by atoms with Crippen molar-refractivity contribution in [3.63, 3.8) is 0 Å². The van der Waals surface area contributed by atoms with Crippen molar-refractivity contribution in [2.75, 3.05) is 5.32 Å². The Morgan fingerprint density at radius 1 is 0.960 bits per heavy atom. The van der Waals surface area contributed by atoms with E-state index in [-0.39, 0.29) is 0 Å². The second-order valence-electron chi connectivity index (χ2n) is 5.88. The highest BCUT2D eigenvalue weighted by Crippen LogP contribution is 2.29. The summed E-state index contributed by atoms with van der Waals surface area (Å²) in [7, 11) is 0. The molecule has 1 N–H and O–H groups in total. The van der Waals surface area contributed by atoms with Gasteiger partial charge in [-0.1, -0.05) is 25.2 Å². The number of anilines is 2. The third-order valence-electron chi connectivity index (χ3n) is 3.74. The van der Waals surface area contributed by atoms with Crippen LogP contribution in [0.1, 0.15) is 24.8 Å². The van der Waals surface area contributed by atoms with E-state index in [1.807, 2.05) is 30.3 Å². The normalized spacial score (nSPS) is 11.2. The SMILES string of the molecule is CC(C)c1nnc(Nc2ccc3nccc(-c4ccncc4)c3n2)s1. The largest absolute Gasteiger partial charge is 0.315 e. The van der Waals surface area contributed by atoms with Crippen molar-refractivity contribution in [2.45, 2.75) is 19.8 Å². The minimum atomic E-state index is 0.361. The fraction of sp³-hybridized carbons (Fsp3) is 0.167. The van der Waals surface area contributed by atoms with Crippen molar-refractivity contribution in [1.29, 1.82) is 0 Å². The van der Waals surface area contributed by atoms with Crippen LogP contribution in [0.15, 0.2) is 48.9 Å². The molecule has 0 amide bonds. The summed E-state index contributed by atoms with van der Waals surface area (Å²) in [4.78, 5) is 13.2. The minimum absolute atomic E-state index is 0.361. The van der Waals surface area contributed by atoms with Crippen LogP contribution in [0.3, 0.4) is 0 Å². The fourth-order valence-corrected chi connectivity index (χ4v) is 3.24. The number of fused-ring (bicyclic) bond motifs is 1. The summed E-state index contributed by atoms with van der Waals surface area (Å²) in [5.74, 6) is 1.09. The van der Waals surface area contributed by atoms with Crippen molar-refractivity contribution < 1.29 is 0 Å². The van der Waals surface area contributed by atoms with Crippen molar-refractivity contribution in [3.05, 3.63) is 53.9 Å². The number of pyridine rings is 3. The number of hydrogen-bond donors (Lipinski definition) is 1. The van der Waals surface area contributed by atoms with Crippen LogP contribution in [0.25, 0.3) is 22.2 Å². The molecule has 4 aromatic rings. The van der Waals surface area contributed by atoms with E-state index in [1.165, 1.54) is 0 Å². The van der Waals surface area contributed by atoms with E-state index >= 15 is 0 Å². The molecule has 0 bridgehead atoms. The highest BCUT2D eigenvalue weighted by molar-refractivity contribution is 7.15. The summed E-state index contributed by atoms with van der Waals surface area (Å²) in [5.41, 5.74) is 3.77. The number of aromatic nitrogens is 5. The van der Waals surface area contributed by atoms with E-state index in [4.69, 9.17) is 4.98 Å². The molecule has 25 heavy (non-hydrogen) atoms. The smallest absolute Gasteiger partial charge is 0.211 e. The zero-order valence-electron chi connectivity index (χ0n) is 13.8. The Morgan fingerprint density at radius 3 is 2.56 bits per heavy atom. The molecule has 4 rings (SSSR count). The maximum absolute atomic E-state index is 4.75. The van der Waals surface area contributed by atoms with Crippen LogP contribution in [-0.4, -0.2) is 25.1 Å². The first-order chi connectivity index (χ1) is 12.2. The third-order valence-corrected chi connectivity index (χ3v) is 4.88. The van der Waals surface area contributed by atoms with E-state index in [2.05, 4.69) is 39.3 Å². The molecule has 0 aliphatic carbocycles. The van der Waals surface area contributed by atoms with Gasteiger partial charge in [0.05, 0.1) is 11.0 Å². The summed E-state index contributed by atoms with van der Waals surface area (Å²) in [5, 5.41) is 13.4. The Hall–Kier alpha value is -2.93. The minimum Gasteiger partial charge on any atom is -0.315 e. The molecular weight excluding hydrogens is 332 g/mol. The van der Waals surface area contributed by atoms with Gasteiger partial charge in [0.25, 0.3) is 0 Å². The van der Waals surface area contributed by atoms with Crippen molar-refractivity contribution in [1.82, 2.24) is 25.1 Å². The molecule has 4 aromatic heterocycles. The lowest BCUT2D eigenvalue weighted by molar-refractivity contribution is 0.825. The topological polar surface area (TPSA) is 76.5 Å². The first-order valence-corrected chi connectivity index (χ1v) is 8.79. The molecule has 0 aliphatic rings. The van der Waals surface area contributed by atoms with Gasteiger partial charge in [0.15, 0.2) is 0 Å². The molecule has 0 radical (unpaired) electrons. The maximum Gasteiger partial charge on any atom is 0.211 e. The van der Waals surface area contributed by atoms with Gasteiger partial charge in [0.1, 0.15) is 10.8 Å². The fourth-order valence-electron chi connectivity index (χ4n) is 2.49. The van der Waals surface area contributed by atoms with Crippen LogP contribution in [0.2, 0.25) is 0 Å². The predicted molar refractivity (Wildman–Crippen MR) is 100 cm³/mol. The first-order valence-electron chi connectivity index (χ1n) is 7.97. The average molecular weight is 348 g/mol. The molecule has 4 heterocycles. The van der Waals surface area contributed by atoms with Crippen LogP contribution >= 0.6 is 11.3 Å². The third kappa shape index (κ3) is 3.18. The second-order valence-corrected chi connectivity index (χ2v) is 6.89. The Balaban J connectivity index is 1.73. The first kappa shape index (κ1) is 15.6.